The Morgan fingerprint density at radius 3 is 2.56 bits per heavy atom. The Morgan fingerprint density at radius 1 is 1.38 bits per heavy atom. The van der Waals surface area contributed by atoms with Crippen LogP contribution in [0.5, 0.6) is 5.75 Å². The summed E-state index contributed by atoms with van der Waals surface area (Å²) in [6.07, 6.45) is 6.39. The number of rotatable bonds is 3. The third-order valence-corrected chi connectivity index (χ3v) is 2.78. The fourth-order valence-electron chi connectivity index (χ4n) is 1.94. The van der Waals surface area contributed by atoms with E-state index in [0.717, 1.165) is 24.2 Å². The van der Waals surface area contributed by atoms with Gasteiger partial charge in [0.15, 0.2) is 0 Å². The van der Waals surface area contributed by atoms with Crippen LogP contribution in [0.4, 0.5) is 0 Å². The lowest BCUT2D eigenvalue weighted by molar-refractivity contribution is 0.293. The van der Waals surface area contributed by atoms with Gasteiger partial charge in [-0.05, 0) is 23.8 Å². The van der Waals surface area contributed by atoms with E-state index in [9.17, 15) is 0 Å². The zero-order chi connectivity index (χ0) is 11.8. The summed E-state index contributed by atoms with van der Waals surface area (Å²) in [5.74, 6) is 0.915. The molecule has 88 valence electrons. The molecule has 3 heteroatoms. The number of nitrogens with zero attached hydrogens (tertiary/aromatic N) is 1. The van der Waals surface area contributed by atoms with E-state index in [4.69, 9.17) is 10.5 Å². The molecule has 0 bridgehead atoms. The first kappa shape index (κ1) is 11.4. The van der Waals surface area contributed by atoms with E-state index < -0.39 is 0 Å². The fourth-order valence-corrected chi connectivity index (χ4v) is 1.94. The number of hydrogen-bond donors (Lipinski definition) is 1. The molecule has 1 aliphatic carbocycles. The molecule has 2 rings (SSSR count). The van der Waals surface area contributed by atoms with Gasteiger partial charge in [0, 0.05) is 18.3 Å². The van der Waals surface area contributed by atoms with Gasteiger partial charge < -0.3 is 10.5 Å². The molecule has 1 aromatic rings. The normalized spacial score (nSPS) is 16.2. The Kier molecular flexibility index (Phi) is 2.89. The van der Waals surface area contributed by atoms with Crippen LogP contribution in [0.3, 0.4) is 0 Å². The van der Waals surface area contributed by atoms with Crippen LogP contribution in [-0.4, -0.2) is 11.1 Å². The lowest BCUT2D eigenvalue weighted by atomic mass is 9.84. The first-order chi connectivity index (χ1) is 7.52. The van der Waals surface area contributed by atoms with Gasteiger partial charge in [-0.3, -0.25) is 4.98 Å². The van der Waals surface area contributed by atoms with E-state index in [-0.39, 0.29) is 5.41 Å². The standard InChI is InChI=1S/C13H20N2O/c1-13(2,3)12-9(6-14)7-15-8-11(12)16-10-4-5-10/h7-8,10H,4-6,14H2,1-3H3. The van der Waals surface area contributed by atoms with E-state index in [1.54, 1.807) is 0 Å². The molecular formula is C13H20N2O. The number of ether oxygens (including phenoxy) is 1. The van der Waals surface area contributed by atoms with Crippen molar-refractivity contribution >= 4 is 0 Å². The van der Waals surface area contributed by atoms with Crippen molar-refractivity contribution in [3.63, 3.8) is 0 Å². The average Bonchev–Trinajstić information content (AvgIpc) is 2.99. The van der Waals surface area contributed by atoms with E-state index >= 15 is 0 Å². The lowest BCUT2D eigenvalue weighted by Crippen LogP contribution is -2.19. The molecule has 0 radical (unpaired) electrons. The Labute approximate surface area is 97.0 Å². The molecule has 0 aliphatic heterocycles. The second kappa shape index (κ2) is 4.06. The molecule has 16 heavy (non-hydrogen) atoms. The van der Waals surface area contributed by atoms with E-state index in [0.29, 0.717) is 12.6 Å². The number of nitrogens with two attached hydrogens (primary N) is 1. The largest absolute Gasteiger partial charge is 0.488 e. The molecule has 3 nitrogen and oxygen atoms in total. The van der Waals surface area contributed by atoms with Crippen molar-refractivity contribution in [2.24, 2.45) is 5.73 Å². The van der Waals surface area contributed by atoms with Gasteiger partial charge in [0.2, 0.25) is 0 Å². The minimum absolute atomic E-state index is 0.0435. The molecule has 1 heterocycles. The zero-order valence-corrected chi connectivity index (χ0v) is 10.3. The van der Waals surface area contributed by atoms with Crippen LogP contribution in [0.1, 0.15) is 44.7 Å². The van der Waals surface area contributed by atoms with Crippen LogP contribution >= 0.6 is 0 Å². The van der Waals surface area contributed by atoms with Crippen molar-refractivity contribution in [3.8, 4) is 5.75 Å². The Bertz CT molecular complexity index is 378. The first-order valence-electron chi connectivity index (χ1n) is 5.86. The van der Waals surface area contributed by atoms with Crippen LogP contribution < -0.4 is 10.5 Å². The van der Waals surface area contributed by atoms with Crippen molar-refractivity contribution in [1.82, 2.24) is 4.98 Å². The predicted molar refractivity (Wildman–Crippen MR) is 64.5 cm³/mol. The third-order valence-electron chi connectivity index (χ3n) is 2.78. The van der Waals surface area contributed by atoms with Crippen LogP contribution in [-0.2, 0) is 12.0 Å². The molecule has 0 unspecified atom stereocenters. The van der Waals surface area contributed by atoms with Crippen LogP contribution in [0.15, 0.2) is 12.4 Å². The van der Waals surface area contributed by atoms with Crippen molar-refractivity contribution in [1.29, 1.82) is 0 Å². The Morgan fingerprint density at radius 2 is 2.06 bits per heavy atom. The van der Waals surface area contributed by atoms with Crippen LogP contribution in [0, 0.1) is 0 Å². The molecule has 1 aromatic heterocycles. The number of hydrogen-bond acceptors (Lipinski definition) is 3. The fraction of sp³-hybridized carbons (Fsp3) is 0.615. The second-order valence-corrected chi connectivity index (χ2v) is 5.44. The summed E-state index contributed by atoms with van der Waals surface area (Å²) in [7, 11) is 0. The monoisotopic (exact) mass is 220 g/mol. The summed E-state index contributed by atoms with van der Waals surface area (Å²) < 4.78 is 5.91. The number of pyridine rings is 1. The summed E-state index contributed by atoms with van der Waals surface area (Å²) in [5.41, 5.74) is 8.10. The van der Waals surface area contributed by atoms with Crippen molar-refractivity contribution in [2.45, 2.75) is 51.7 Å². The van der Waals surface area contributed by atoms with Gasteiger partial charge in [-0.15, -0.1) is 0 Å². The molecular weight excluding hydrogens is 200 g/mol. The third kappa shape index (κ3) is 2.35. The highest BCUT2D eigenvalue weighted by molar-refractivity contribution is 5.42. The van der Waals surface area contributed by atoms with E-state index in [2.05, 4.69) is 25.8 Å². The molecule has 0 saturated heterocycles. The zero-order valence-electron chi connectivity index (χ0n) is 10.3. The summed E-state index contributed by atoms with van der Waals surface area (Å²) in [5, 5.41) is 0. The lowest BCUT2D eigenvalue weighted by Gasteiger charge is -2.25. The van der Waals surface area contributed by atoms with E-state index in [1.807, 2.05) is 12.4 Å². The van der Waals surface area contributed by atoms with Crippen molar-refractivity contribution in [3.05, 3.63) is 23.5 Å². The maximum atomic E-state index is 5.91. The summed E-state index contributed by atoms with van der Waals surface area (Å²) >= 11 is 0. The maximum absolute atomic E-state index is 5.91. The van der Waals surface area contributed by atoms with Gasteiger partial charge in [0.05, 0.1) is 12.3 Å². The second-order valence-electron chi connectivity index (χ2n) is 5.44. The van der Waals surface area contributed by atoms with Crippen LogP contribution in [0.2, 0.25) is 0 Å². The molecule has 0 amide bonds. The van der Waals surface area contributed by atoms with Crippen molar-refractivity contribution in [2.75, 3.05) is 0 Å². The van der Waals surface area contributed by atoms with Gasteiger partial charge >= 0.3 is 0 Å². The molecule has 2 N–H and O–H groups in total. The first-order valence-corrected chi connectivity index (χ1v) is 5.86. The van der Waals surface area contributed by atoms with Crippen molar-refractivity contribution < 1.29 is 4.74 Å². The summed E-state index contributed by atoms with van der Waals surface area (Å²) in [6, 6.07) is 0. The van der Waals surface area contributed by atoms with Gasteiger partial charge in [0.25, 0.3) is 0 Å². The summed E-state index contributed by atoms with van der Waals surface area (Å²) in [6.45, 7) is 7.06. The molecule has 1 fully saturated rings. The molecule has 1 aliphatic rings. The van der Waals surface area contributed by atoms with Gasteiger partial charge in [0.1, 0.15) is 5.75 Å². The highest BCUT2D eigenvalue weighted by atomic mass is 16.5. The average molecular weight is 220 g/mol. The minimum atomic E-state index is 0.0435. The quantitative estimate of drug-likeness (QED) is 0.850. The maximum Gasteiger partial charge on any atom is 0.142 e. The Hall–Kier alpha value is -1.09. The van der Waals surface area contributed by atoms with Gasteiger partial charge in [-0.25, -0.2) is 0 Å². The topological polar surface area (TPSA) is 48.1 Å². The van der Waals surface area contributed by atoms with Crippen LogP contribution in [0.25, 0.3) is 0 Å². The highest BCUT2D eigenvalue weighted by Gasteiger charge is 2.28. The minimum Gasteiger partial charge on any atom is -0.488 e. The number of aromatic nitrogens is 1. The smallest absolute Gasteiger partial charge is 0.142 e. The van der Waals surface area contributed by atoms with Gasteiger partial charge in [-0.2, -0.15) is 0 Å². The highest BCUT2D eigenvalue weighted by Crippen LogP contribution is 2.36. The van der Waals surface area contributed by atoms with E-state index in [1.165, 1.54) is 5.56 Å². The van der Waals surface area contributed by atoms with Gasteiger partial charge in [-0.1, -0.05) is 20.8 Å². The predicted octanol–water partition coefficient (Wildman–Crippen LogP) is 2.38. The molecule has 0 spiro atoms. The summed E-state index contributed by atoms with van der Waals surface area (Å²) in [4.78, 5) is 4.21. The molecule has 0 atom stereocenters. The Balaban J connectivity index is 2.41. The molecule has 0 aromatic carbocycles. The molecule has 1 saturated carbocycles. The SMILES string of the molecule is CC(C)(C)c1c(CN)cncc1OC1CC1.